The average molecular weight is 827 g/mol. The molecule has 0 bridgehead atoms. The van der Waals surface area contributed by atoms with E-state index in [-0.39, 0.29) is 39.7 Å². The van der Waals surface area contributed by atoms with E-state index < -0.39 is 17.5 Å². The molecule has 0 radical (unpaired) electrons. The first-order valence-corrected chi connectivity index (χ1v) is 21.2. The molecular weight excluding hydrogens is 782 g/mol. The number of nitriles is 2. The van der Waals surface area contributed by atoms with Gasteiger partial charge in [0, 0.05) is 60.3 Å². The number of aryl methyl sites for hydroxylation is 1. The van der Waals surface area contributed by atoms with Crippen LogP contribution in [0.1, 0.15) is 86.6 Å². The molecule has 12 nitrogen and oxygen atoms in total. The molecule has 5 aromatic rings. The fourth-order valence-electron chi connectivity index (χ4n) is 9.66. The number of fused-ring (bicyclic) bond motifs is 3. The third-order valence-corrected chi connectivity index (χ3v) is 13.8. The lowest BCUT2D eigenvalue weighted by Crippen LogP contribution is -2.43. The van der Waals surface area contributed by atoms with Crippen LogP contribution in [0.15, 0.2) is 30.9 Å². The Morgan fingerprint density at radius 1 is 1.19 bits per heavy atom. The van der Waals surface area contributed by atoms with Gasteiger partial charge in [-0.15, -0.1) is 11.3 Å². The molecule has 0 amide bonds. The molecule has 6 heterocycles. The molecule has 3 aliphatic rings. The second-order valence-electron chi connectivity index (χ2n) is 16.1. The summed E-state index contributed by atoms with van der Waals surface area (Å²) >= 11 is 8.22. The van der Waals surface area contributed by atoms with E-state index in [4.69, 9.17) is 32.0 Å². The highest BCUT2D eigenvalue weighted by molar-refractivity contribution is 7.23. The van der Waals surface area contributed by atoms with Crippen molar-refractivity contribution >= 4 is 60.7 Å². The van der Waals surface area contributed by atoms with E-state index in [1.807, 2.05) is 13.0 Å². The molecule has 0 spiro atoms. The SMILES string of the molecule is Cc1c(-c2ccc(F)c3sc(N)c(C#N)c23)c(Cl)cc2c(N3CCCC(CC(CCC#N)CCC(=O)n4cncn4)CC3)nc(OC[C@@]34CCCN3C[C@H](F)C4)nc12. The Balaban J connectivity index is 1.12. The zero-order chi connectivity index (χ0) is 40.6. The normalized spacial score (nSPS) is 21.5. The van der Waals surface area contributed by atoms with Crippen molar-refractivity contribution in [1.29, 1.82) is 10.5 Å². The number of carbonyl (C=O) groups is 1. The molecule has 3 aromatic heterocycles. The summed E-state index contributed by atoms with van der Waals surface area (Å²) in [5.74, 6) is 0.714. The number of aromatic nitrogens is 5. The fraction of sp³-hybridized carbons (Fsp3) is 0.500. The highest BCUT2D eigenvalue weighted by Gasteiger charge is 2.49. The number of thiophene rings is 1. The number of nitrogens with zero attached hydrogens (tertiary/aromatic N) is 9. The fourth-order valence-corrected chi connectivity index (χ4v) is 11.0. The van der Waals surface area contributed by atoms with Crippen LogP contribution in [0, 0.1) is 47.2 Å². The maximum absolute atomic E-state index is 15.1. The molecule has 2 N–H and O–H groups in total. The van der Waals surface area contributed by atoms with Crippen LogP contribution in [0.25, 0.3) is 32.1 Å². The molecule has 2 aromatic carbocycles. The van der Waals surface area contributed by atoms with Crippen molar-refractivity contribution in [2.75, 3.05) is 43.4 Å². The smallest absolute Gasteiger partial charge is 0.319 e. The van der Waals surface area contributed by atoms with E-state index >= 15 is 4.39 Å². The summed E-state index contributed by atoms with van der Waals surface area (Å²) in [4.78, 5) is 31.1. The van der Waals surface area contributed by atoms with Gasteiger partial charge in [-0.1, -0.05) is 17.7 Å². The van der Waals surface area contributed by atoms with Crippen LogP contribution in [0.3, 0.4) is 0 Å². The van der Waals surface area contributed by atoms with Crippen molar-refractivity contribution in [3.05, 3.63) is 52.8 Å². The van der Waals surface area contributed by atoms with Crippen LogP contribution in [0.2, 0.25) is 5.02 Å². The molecule has 302 valence electrons. The number of hydrogen-bond donors (Lipinski definition) is 1. The summed E-state index contributed by atoms with van der Waals surface area (Å²) in [6, 6.07) is 9.49. The first kappa shape index (κ1) is 39.8. The predicted octanol–water partition coefficient (Wildman–Crippen LogP) is 8.65. The zero-order valence-corrected chi connectivity index (χ0v) is 34.0. The zero-order valence-electron chi connectivity index (χ0n) is 32.4. The van der Waals surface area contributed by atoms with E-state index in [0.717, 1.165) is 80.3 Å². The summed E-state index contributed by atoms with van der Waals surface area (Å²) in [6.45, 7) is 4.86. The molecule has 16 heteroatoms. The Morgan fingerprint density at radius 2 is 2.05 bits per heavy atom. The third kappa shape index (κ3) is 7.68. The van der Waals surface area contributed by atoms with Crippen LogP contribution in [-0.2, 0) is 0 Å². The van der Waals surface area contributed by atoms with Crippen molar-refractivity contribution < 1.29 is 18.3 Å². The minimum absolute atomic E-state index is 0.108. The van der Waals surface area contributed by atoms with Gasteiger partial charge in [-0.2, -0.15) is 30.3 Å². The molecular formula is C42H45ClF2N10O2S. The van der Waals surface area contributed by atoms with Crippen molar-refractivity contribution in [3.63, 3.8) is 0 Å². The van der Waals surface area contributed by atoms with E-state index in [9.17, 15) is 19.7 Å². The van der Waals surface area contributed by atoms with Crippen LogP contribution < -0.4 is 15.4 Å². The minimum atomic E-state index is -0.903. The first-order valence-electron chi connectivity index (χ1n) is 20.0. The van der Waals surface area contributed by atoms with Gasteiger partial charge < -0.3 is 15.4 Å². The monoisotopic (exact) mass is 826 g/mol. The van der Waals surface area contributed by atoms with Gasteiger partial charge in [-0.3, -0.25) is 9.69 Å². The standard InChI is InChI=1S/C42H45ClF2N10O2S/c1-25-35(29-8-9-33(45)38-36(29)31(20-47)39(48)58-38)32(43)18-30-37(25)51-41(57-22-42-12-4-15-54(42)21-28(44)19-42)52-40(30)53-14-3-6-27(11-16-53)17-26(5-2-13-46)7-10-34(56)55-24-49-23-50-55/h8-9,18,23-24,26-28H,2-7,10-12,14-17,19,21-22,48H2,1H3/t26?,27?,28-,42+/m1/s1. The van der Waals surface area contributed by atoms with Gasteiger partial charge in [0.15, 0.2) is 0 Å². The van der Waals surface area contributed by atoms with Crippen LogP contribution in [0.5, 0.6) is 6.01 Å². The largest absolute Gasteiger partial charge is 0.461 e. The topological polar surface area (TPSA) is 163 Å². The van der Waals surface area contributed by atoms with Gasteiger partial charge in [-0.25, -0.2) is 13.8 Å². The molecule has 8 rings (SSSR count). The Bertz CT molecular complexity index is 2430. The number of alkyl halides is 1. The highest BCUT2D eigenvalue weighted by atomic mass is 35.5. The molecule has 0 aliphatic carbocycles. The van der Waals surface area contributed by atoms with E-state index in [1.54, 1.807) is 6.07 Å². The van der Waals surface area contributed by atoms with Gasteiger partial charge in [-0.05, 0) is 99.9 Å². The number of nitrogen functional groups attached to an aromatic ring is 1. The Morgan fingerprint density at radius 3 is 2.84 bits per heavy atom. The molecule has 3 fully saturated rings. The summed E-state index contributed by atoms with van der Waals surface area (Å²) in [5.41, 5.74) is 8.54. The van der Waals surface area contributed by atoms with Crippen LogP contribution >= 0.6 is 22.9 Å². The van der Waals surface area contributed by atoms with Crippen LogP contribution in [0.4, 0.5) is 19.6 Å². The number of nitrogens with two attached hydrogens (primary N) is 1. The molecule has 0 saturated carbocycles. The number of carbonyl (C=O) groups excluding carboxylic acids is 1. The van der Waals surface area contributed by atoms with E-state index in [2.05, 4.69) is 32.0 Å². The lowest BCUT2D eigenvalue weighted by Gasteiger charge is -2.31. The van der Waals surface area contributed by atoms with Crippen molar-refractivity contribution in [2.45, 2.75) is 89.3 Å². The predicted molar refractivity (Wildman–Crippen MR) is 220 cm³/mol. The minimum Gasteiger partial charge on any atom is -0.461 e. The van der Waals surface area contributed by atoms with Gasteiger partial charge in [0.05, 0.1) is 27.4 Å². The maximum atomic E-state index is 15.1. The number of rotatable bonds is 12. The van der Waals surface area contributed by atoms with Gasteiger partial charge in [0.25, 0.3) is 0 Å². The quantitative estimate of drug-likeness (QED) is 0.128. The van der Waals surface area contributed by atoms with Crippen molar-refractivity contribution in [2.24, 2.45) is 11.8 Å². The number of halogens is 3. The van der Waals surface area contributed by atoms with Crippen molar-refractivity contribution in [3.8, 4) is 29.3 Å². The van der Waals surface area contributed by atoms with Crippen LogP contribution in [-0.4, -0.2) is 80.0 Å². The number of hydrogen-bond acceptors (Lipinski definition) is 12. The summed E-state index contributed by atoms with van der Waals surface area (Å²) in [7, 11) is 0. The Kier molecular flexibility index (Phi) is 11.5. The highest BCUT2D eigenvalue weighted by Crippen LogP contribution is 2.47. The molecule has 2 unspecified atom stereocenters. The van der Waals surface area contributed by atoms with Gasteiger partial charge in [0.1, 0.15) is 48.1 Å². The maximum Gasteiger partial charge on any atom is 0.319 e. The van der Waals surface area contributed by atoms with Gasteiger partial charge in [0.2, 0.25) is 5.91 Å². The lowest BCUT2D eigenvalue weighted by atomic mass is 9.84. The number of anilines is 2. The van der Waals surface area contributed by atoms with Crippen molar-refractivity contribution in [1.82, 2.24) is 29.6 Å². The summed E-state index contributed by atoms with van der Waals surface area (Å²) in [6.07, 6.45) is 9.95. The molecule has 58 heavy (non-hydrogen) atoms. The Hall–Kier alpha value is -4.96. The third-order valence-electron chi connectivity index (χ3n) is 12.5. The molecule has 4 atom stereocenters. The van der Waals surface area contributed by atoms with E-state index in [0.29, 0.717) is 77.6 Å². The number of benzene rings is 2. The first-order chi connectivity index (χ1) is 28.1. The summed E-state index contributed by atoms with van der Waals surface area (Å²) < 4.78 is 37.9. The van der Waals surface area contributed by atoms with E-state index in [1.165, 1.54) is 23.4 Å². The Labute approximate surface area is 344 Å². The second kappa shape index (κ2) is 16.7. The summed E-state index contributed by atoms with van der Waals surface area (Å²) in [5, 5.41) is 25.2. The molecule has 3 aliphatic heterocycles. The number of ether oxygens (including phenoxy) is 1. The van der Waals surface area contributed by atoms with Gasteiger partial charge >= 0.3 is 6.01 Å². The molecule has 3 saturated heterocycles. The average Bonchev–Trinajstić information content (AvgIpc) is 3.98. The second-order valence-corrected chi connectivity index (χ2v) is 17.5. The lowest BCUT2D eigenvalue weighted by molar-refractivity contribution is 0.0873.